The maximum Gasteiger partial charge on any atom is 0.338 e. The largest absolute Gasteiger partial charge is 0.493 e. The number of carbonyl (C=O) groups is 1. The molecule has 42 heavy (non-hydrogen) atoms. The fraction of sp³-hybridized carbons (Fsp3) is 0.219. The van der Waals surface area contributed by atoms with E-state index >= 15 is 0 Å². The summed E-state index contributed by atoms with van der Waals surface area (Å²) in [5, 5.41) is 0.677. The number of rotatable bonds is 9. The van der Waals surface area contributed by atoms with Crippen LogP contribution in [-0.4, -0.2) is 31.4 Å². The van der Waals surface area contributed by atoms with Gasteiger partial charge >= 0.3 is 5.97 Å². The van der Waals surface area contributed by atoms with Crippen molar-refractivity contribution in [3.8, 4) is 17.2 Å². The minimum atomic E-state index is -0.758. The Hall–Kier alpha value is -4.34. The van der Waals surface area contributed by atoms with Crippen LogP contribution in [0.1, 0.15) is 36.6 Å². The molecule has 8 nitrogen and oxygen atoms in total. The van der Waals surface area contributed by atoms with Gasteiger partial charge in [-0.1, -0.05) is 53.3 Å². The maximum atomic E-state index is 13.9. The van der Waals surface area contributed by atoms with Crippen molar-refractivity contribution in [1.82, 2.24) is 4.57 Å². The quantitative estimate of drug-likeness (QED) is 0.249. The van der Waals surface area contributed by atoms with Crippen LogP contribution in [0, 0.1) is 0 Å². The van der Waals surface area contributed by atoms with Crippen LogP contribution in [0.5, 0.6) is 17.2 Å². The van der Waals surface area contributed by atoms with Crippen LogP contribution in [-0.2, 0) is 16.1 Å². The van der Waals surface area contributed by atoms with Gasteiger partial charge in [0, 0.05) is 5.02 Å². The minimum absolute atomic E-state index is 0.193. The van der Waals surface area contributed by atoms with Crippen LogP contribution in [0.15, 0.2) is 87.8 Å². The Morgan fingerprint density at radius 1 is 1.02 bits per heavy atom. The molecule has 1 aromatic heterocycles. The Morgan fingerprint density at radius 3 is 2.40 bits per heavy atom. The van der Waals surface area contributed by atoms with Gasteiger partial charge < -0.3 is 18.9 Å². The van der Waals surface area contributed by atoms with Crippen LogP contribution in [0.3, 0.4) is 0 Å². The summed E-state index contributed by atoms with van der Waals surface area (Å²) in [6.45, 7) is 4.09. The fourth-order valence-corrected chi connectivity index (χ4v) is 5.86. The number of benzene rings is 3. The predicted octanol–water partition coefficient (Wildman–Crippen LogP) is 5.05. The van der Waals surface area contributed by atoms with Crippen molar-refractivity contribution < 1.29 is 23.7 Å². The van der Waals surface area contributed by atoms with E-state index in [0.29, 0.717) is 55.0 Å². The van der Waals surface area contributed by atoms with Crippen LogP contribution < -0.4 is 29.1 Å². The van der Waals surface area contributed by atoms with Gasteiger partial charge in [0.25, 0.3) is 5.56 Å². The molecule has 0 amide bonds. The molecule has 0 bridgehead atoms. The third-order valence-electron chi connectivity index (χ3n) is 6.74. The normalized spacial score (nSPS) is 14.7. The van der Waals surface area contributed by atoms with Crippen molar-refractivity contribution >= 4 is 35.0 Å². The number of thiazole rings is 1. The number of methoxy groups -OCH3 is 2. The molecule has 0 saturated heterocycles. The summed E-state index contributed by atoms with van der Waals surface area (Å²) < 4.78 is 24.2. The smallest absolute Gasteiger partial charge is 0.338 e. The van der Waals surface area contributed by atoms with Crippen molar-refractivity contribution in [1.29, 1.82) is 0 Å². The Morgan fingerprint density at radius 2 is 1.74 bits per heavy atom. The van der Waals surface area contributed by atoms with Crippen molar-refractivity contribution in [2.24, 2.45) is 4.99 Å². The molecule has 0 aliphatic carbocycles. The summed E-state index contributed by atoms with van der Waals surface area (Å²) in [5.41, 5.74) is 3.01. The summed E-state index contributed by atoms with van der Waals surface area (Å²) in [5.74, 6) is 1.19. The van der Waals surface area contributed by atoms with E-state index < -0.39 is 12.0 Å². The van der Waals surface area contributed by atoms with Gasteiger partial charge in [0.05, 0.1) is 42.7 Å². The van der Waals surface area contributed by atoms with Gasteiger partial charge in [-0.25, -0.2) is 9.79 Å². The number of hydrogen-bond donors (Lipinski definition) is 0. The molecule has 3 aromatic carbocycles. The molecule has 0 saturated carbocycles. The average Bonchev–Trinajstić information content (AvgIpc) is 3.30. The van der Waals surface area contributed by atoms with Gasteiger partial charge in [-0.15, -0.1) is 0 Å². The van der Waals surface area contributed by atoms with Gasteiger partial charge in [0.1, 0.15) is 12.4 Å². The van der Waals surface area contributed by atoms with Crippen LogP contribution in [0.25, 0.3) is 6.08 Å². The molecule has 216 valence electrons. The minimum Gasteiger partial charge on any atom is -0.493 e. The average molecular weight is 605 g/mol. The second kappa shape index (κ2) is 12.7. The maximum absolute atomic E-state index is 13.9. The van der Waals surface area contributed by atoms with Gasteiger partial charge in [-0.2, -0.15) is 0 Å². The van der Waals surface area contributed by atoms with E-state index in [4.69, 9.17) is 30.5 Å². The monoisotopic (exact) mass is 604 g/mol. The Kier molecular flexibility index (Phi) is 8.80. The van der Waals surface area contributed by atoms with Crippen LogP contribution >= 0.6 is 22.9 Å². The van der Waals surface area contributed by atoms with Crippen molar-refractivity contribution in [3.05, 3.63) is 119 Å². The standard InChI is InChI=1S/C32H29ClN2O6S/c1-5-40-31(37)28-19(2)34-32-35(29(28)22-10-15-25(38-3)26(17-22)39-4)30(36)27(42-32)16-20-8-13-24(14-9-20)41-18-21-6-11-23(33)12-7-21/h6-17,29H,5,18H2,1-4H3/b27-16-/t29-/m1/s1. The number of nitrogens with zero attached hydrogens (tertiary/aromatic N) is 2. The van der Waals surface area contributed by atoms with E-state index in [1.807, 2.05) is 60.7 Å². The van der Waals surface area contributed by atoms with Gasteiger partial charge in [-0.05, 0) is 73.0 Å². The molecule has 1 atom stereocenters. The second-order valence-corrected chi connectivity index (χ2v) is 10.8. The fourth-order valence-electron chi connectivity index (χ4n) is 4.69. The highest BCUT2D eigenvalue weighted by atomic mass is 35.5. The zero-order valence-electron chi connectivity index (χ0n) is 23.5. The number of ether oxygens (including phenoxy) is 4. The van der Waals surface area contributed by atoms with E-state index in [1.165, 1.54) is 18.4 Å². The first kappa shape index (κ1) is 29.2. The van der Waals surface area contributed by atoms with Crippen molar-refractivity contribution in [2.45, 2.75) is 26.5 Å². The number of fused-ring (bicyclic) bond motifs is 1. The van der Waals surface area contributed by atoms with Crippen molar-refractivity contribution in [3.63, 3.8) is 0 Å². The number of aromatic nitrogens is 1. The number of halogens is 1. The third kappa shape index (κ3) is 5.98. The van der Waals surface area contributed by atoms with Crippen molar-refractivity contribution in [2.75, 3.05) is 20.8 Å². The molecule has 2 heterocycles. The topological polar surface area (TPSA) is 88.4 Å². The lowest BCUT2D eigenvalue weighted by Gasteiger charge is -2.25. The molecule has 0 N–H and O–H groups in total. The summed E-state index contributed by atoms with van der Waals surface area (Å²) in [6.07, 6.45) is 1.81. The highest BCUT2D eigenvalue weighted by Crippen LogP contribution is 2.36. The van der Waals surface area contributed by atoms with Crippen LogP contribution in [0.4, 0.5) is 0 Å². The van der Waals surface area contributed by atoms with Crippen LogP contribution in [0.2, 0.25) is 5.02 Å². The highest BCUT2D eigenvalue weighted by Gasteiger charge is 2.33. The van der Waals surface area contributed by atoms with E-state index in [9.17, 15) is 9.59 Å². The number of hydrogen-bond acceptors (Lipinski definition) is 8. The first-order chi connectivity index (χ1) is 20.3. The molecule has 1 aliphatic rings. The van der Waals surface area contributed by atoms with E-state index in [1.54, 1.807) is 37.7 Å². The van der Waals surface area contributed by atoms with Gasteiger partial charge in [0.15, 0.2) is 16.3 Å². The second-order valence-electron chi connectivity index (χ2n) is 9.40. The zero-order valence-corrected chi connectivity index (χ0v) is 25.1. The number of esters is 1. The molecule has 1 aliphatic heterocycles. The summed E-state index contributed by atoms with van der Waals surface area (Å²) >= 11 is 7.22. The number of allylic oxidation sites excluding steroid dienone is 1. The predicted molar refractivity (Wildman–Crippen MR) is 162 cm³/mol. The molecule has 0 radical (unpaired) electrons. The molecule has 0 unspecified atom stereocenters. The summed E-state index contributed by atoms with van der Waals surface area (Å²) in [6, 6.07) is 19.5. The Labute approximate surface area is 251 Å². The first-order valence-corrected chi connectivity index (χ1v) is 14.4. The summed E-state index contributed by atoms with van der Waals surface area (Å²) in [4.78, 5) is 32.1. The molecule has 5 rings (SSSR count). The Balaban J connectivity index is 1.52. The molecular formula is C32H29ClN2O6S. The Bertz CT molecular complexity index is 1820. The molecule has 4 aromatic rings. The molecular weight excluding hydrogens is 576 g/mol. The summed E-state index contributed by atoms with van der Waals surface area (Å²) in [7, 11) is 3.08. The van der Waals surface area contributed by atoms with E-state index in [2.05, 4.69) is 4.99 Å². The zero-order chi connectivity index (χ0) is 29.8. The third-order valence-corrected chi connectivity index (χ3v) is 7.97. The van der Waals surface area contributed by atoms with E-state index in [0.717, 1.165) is 11.1 Å². The lowest BCUT2D eigenvalue weighted by Crippen LogP contribution is -2.39. The lowest BCUT2D eigenvalue weighted by molar-refractivity contribution is -0.139. The van der Waals surface area contributed by atoms with E-state index in [-0.39, 0.29) is 12.2 Å². The molecule has 0 spiro atoms. The first-order valence-electron chi connectivity index (χ1n) is 13.2. The lowest BCUT2D eigenvalue weighted by atomic mass is 9.95. The van der Waals surface area contributed by atoms with Gasteiger partial charge in [0.2, 0.25) is 0 Å². The molecule has 10 heteroatoms. The highest BCUT2D eigenvalue weighted by molar-refractivity contribution is 7.07. The molecule has 0 fully saturated rings. The number of carbonyl (C=O) groups excluding carboxylic acids is 1. The SMILES string of the molecule is CCOC(=O)C1=C(C)N=c2s/c(=C\c3ccc(OCc4ccc(Cl)cc4)cc3)c(=O)n2[C@@H]1c1ccc(OC)c(OC)c1. The van der Waals surface area contributed by atoms with Gasteiger partial charge in [-0.3, -0.25) is 9.36 Å².